The van der Waals surface area contributed by atoms with Gasteiger partial charge in [-0.2, -0.15) is 0 Å². The number of carbonyl (C=O) groups excluding carboxylic acids is 1. The fourth-order valence-corrected chi connectivity index (χ4v) is 12.0. The molecule has 4 N–H and O–H groups in total. The summed E-state index contributed by atoms with van der Waals surface area (Å²) >= 11 is 0. The number of hydrogen-bond acceptors (Lipinski definition) is 11. The SMILES string of the molecule is Cc1nc2[nH]cc(F)c2cc1Oc1cc(N2CCC3(CC2)CN([C@H]2CCC[C@H]2c2ccccc2C(C)C)C3)ccc1C(=O)NS(=O)(=O)c1ccc(NCC2CCC(C)(O)CC2)c([N+](=O)[O-])c1. The lowest BCUT2D eigenvalue weighted by Gasteiger charge is -2.57. The van der Waals surface area contributed by atoms with Gasteiger partial charge in [0.05, 0.1) is 32.1 Å². The van der Waals surface area contributed by atoms with Gasteiger partial charge in [0.2, 0.25) is 0 Å². The van der Waals surface area contributed by atoms with Crippen molar-refractivity contribution in [3.8, 4) is 11.5 Å². The lowest BCUT2D eigenvalue weighted by molar-refractivity contribution is -0.384. The van der Waals surface area contributed by atoms with E-state index in [1.54, 1.807) is 26.0 Å². The van der Waals surface area contributed by atoms with Crippen molar-refractivity contribution >= 4 is 44.0 Å². The number of nitro benzene ring substituents is 1. The number of nitrogens with zero attached hydrogens (tertiary/aromatic N) is 4. The van der Waals surface area contributed by atoms with Gasteiger partial charge in [0.25, 0.3) is 21.6 Å². The molecule has 4 fully saturated rings. The summed E-state index contributed by atoms with van der Waals surface area (Å²) in [6.45, 7) is 12.2. The Morgan fingerprint density at radius 3 is 2.48 bits per heavy atom. The van der Waals surface area contributed by atoms with E-state index in [0.717, 1.165) is 63.6 Å². The minimum absolute atomic E-state index is 0.0409. The van der Waals surface area contributed by atoms with Gasteiger partial charge in [-0.1, -0.05) is 44.5 Å². The summed E-state index contributed by atoms with van der Waals surface area (Å²) < 4.78 is 50.8. The number of ether oxygens (including phenoxy) is 1. The summed E-state index contributed by atoms with van der Waals surface area (Å²) in [4.78, 5) is 37.3. The maximum Gasteiger partial charge on any atom is 0.293 e. The van der Waals surface area contributed by atoms with Gasteiger partial charge in [0, 0.05) is 62.8 Å². The molecular weight excluding hydrogens is 862 g/mol. The molecule has 66 heavy (non-hydrogen) atoms. The third kappa shape index (κ3) is 9.23. The number of likely N-dealkylation sites (tertiary alicyclic amines) is 1. The highest BCUT2D eigenvalue weighted by atomic mass is 32.2. The molecule has 2 aliphatic carbocycles. The Bertz CT molecular complexity index is 2750. The van der Waals surface area contributed by atoms with Crippen LogP contribution in [-0.2, 0) is 10.0 Å². The number of aliphatic hydroxyl groups is 1. The van der Waals surface area contributed by atoms with Crippen LogP contribution in [0.5, 0.6) is 11.5 Å². The average Bonchev–Trinajstić information content (AvgIpc) is 3.91. The summed E-state index contributed by atoms with van der Waals surface area (Å²) in [5.74, 6) is -0.0915. The summed E-state index contributed by atoms with van der Waals surface area (Å²) in [6.07, 6.45) is 9.63. The number of aromatic nitrogens is 2. The molecule has 0 radical (unpaired) electrons. The third-order valence-electron chi connectivity index (χ3n) is 14.9. The van der Waals surface area contributed by atoms with Gasteiger partial charge in [0.15, 0.2) is 0 Å². The fraction of sp³-hybridized carbons (Fsp3) is 0.480. The summed E-state index contributed by atoms with van der Waals surface area (Å²) in [7, 11) is -4.63. The first-order valence-corrected chi connectivity index (χ1v) is 24.8. The van der Waals surface area contributed by atoms with Gasteiger partial charge in [-0.25, -0.2) is 22.5 Å². The van der Waals surface area contributed by atoms with Crippen LogP contribution in [0.15, 0.2) is 77.8 Å². The van der Waals surface area contributed by atoms with Gasteiger partial charge in [-0.15, -0.1) is 0 Å². The number of hydrogen-bond donors (Lipinski definition) is 4. The number of halogens is 1. The van der Waals surface area contributed by atoms with Crippen LogP contribution in [0.3, 0.4) is 0 Å². The van der Waals surface area contributed by atoms with Gasteiger partial charge in [0.1, 0.15) is 28.7 Å². The number of aryl methyl sites for hydroxylation is 1. The highest BCUT2D eigenvalue weighted by Gasteiger charge is 2.49. The molecule has 9 rings (SSSR count). The van der Waals surface area contributed by atoms with Crippen molar-refractivity contribution in [1.29, 1.82) is 0 Å². The van der Waals surface area contributed by atoms with Crippen LogP contribution in [0, 0.1) is 34.2 Å². The van der Waals surface area contributed by atoms with Crippen molar-refractivity contribution in [3.63, 3.8) is 0 Å². The predicted octanol–water partition coefficient (Wildman–Crippen LogP) is 9.54. The molecule has 16 heteroatoms. The number of piperidine rings is 1. The first kappa shape index (κ1) is 45.6. The minimum Gasteiger partial charge on any atom is -0.455 e. The van der Waals surface area contributed by atoms with E-state index in [0.29, 0.717) is 48.6 Å². The zero-order valence-electron chi connectivity index (χ0n) is 38.1. The van der Waals surface area contributed by atoms with Gasteiger partial charge >= 0.3 is 0 Å². The average molecular weight is 922 g/mol. The molecular formula is C50H60FN7O7S. The van der Waals surface area contributed by atoms with Crippen molar-refractivity contribution in [1.82, 2.24) is 19.6 Å². The number of benzene rings is 3. The van der Waals surface area contributed by atoms with Crippen LogP contribution < -0.4 is 19.7 Å². The van der Waals surface area contributed by atoms with E-state index < -0.39 is 42.9 Å². The van der Waals surface area contributed by atoms with Crippen molar-refractivity contribution in [2.24, 2.45) is 11.3 Å². The molecule has 3 aromatic carbocycles. The zero-order chi connectivity index (χ0) is 46.5. The number of amides is 1. The monoisotopic (exact) mass is 921 g/mol. The molecule has 2 saturated carbocycles. The van der Waals surface area contributed by atoms with E-state index in [4.69, 9.17) is 4.74 Å². The molecule has 1 spiro atoms. The second-order valence-corrected chi connectivity index (χ2v) is 21.5. The maximum absolute atomic E-state index is 14.7. The summed E-state index contributed by atoms with van der Waals surface area (Å²) in [5, 5.41) is 25.8. The predicted molar refractivity (Wildman–Crippen MR) is 252 cm³/mol. The van der Waals surface area contributed by atoms with Crippen LogP contribution in [-0.4, -0.2) is 83.6 Å². The molecule has 1 amide bonds. The van der Waals surface area contributed by atoms with E-state index in [-0.39, 0.29) is 39.5 Å². The van der Waals surface area contributed by atoms with Crippen molar-refractivity contribution in [2.45, 2.75) is 114 Å². The lowest BCUT2D eigenvalue weighted by Crippen LogP contribution is -2.63. The topological polar surface area (TPSA) is 183 Å². The Kier molecular flexibility index (Phi) is 12.4. The molecule has 2 saturated heterocycles. The van der Waals surface area contributed by atoms with Crippen LogP contribution >= 0.6 is 0 Å². The molecule has 5 aromatic rings. The number of rotatable bonds is 13. The van der Waals surface area contributed by atoms with Crippen molar-refractivity contribution in [3.05, 3.63) is 111 Å². The van der Waals surface area contributed by atoms with E-state index in [9.17, 15) is 32.8 Å². The molecule has 4 heterocycles. The normalized spacial score (nSPS) is 23.3. The van der Waals surface area contributed by atoms with Crippen LogP contribution in [0.4, 0.5) is 21.5 Å². The first-order valence-electron chi connectivity index (χ1n) is 23.3. The number of fused-ring (bicyclic) bond motifs is 1. The Hall–Kier alpha value is -5.58. The standard InChI is InChI=1S/C50H60FN7O7S/c1-31(2)36-8-5-6-9-37(36)38-10-7-11-43(38)57-29-50(30-57)20-22-56(23-21-50)34-12-14-39(46(24-34)65-45-26-40-41(51)28-53-47(40)54-32(45)3)48(59)55-66(63,64)35-13-15-42(44(25-35)58(61)62)52-27-33-16-18-49(4,60)19-17-33/h5-6,8-9,12-15,24-26,28,31,33,38,43,52,60H,7,10-11,16-23,27,29-30H2,1-4H3,(H,53,54)(H,55,59)/t33?,38-,43-,49?/m0/s1. The molecule has 0 bridgehead atoms. The Balaban J connectivity index is 0.917. The van der Waals surface area contributed by atoms with Gasteiger partial charge < -0.3 is 25.0 Å². The van der Waals surface area contributed by atoms with Crippen LogP contribution in [0.1, 0.15) is 118 Å². The second-order valence-electron chi connectivity index (χ2n) is 19.9. The zero-order valence-corrected chi connectivity index (χ0v) is 38.9. The molecule has 350 valence electrons. The Labute approximate surface area is 385 Å². The number of pyridine rings is 1. The number of aromatic amines is 1. The molecule has 2 aliphatic heterocycles. The molecule has 0 unspecified atom stereocenters. The first-order chi connectivity index (χ1) is 31.5. The number of nitro groups is 1. The quantitative estimate of drug-likeness (QED) is 0.0652. The van der Waals surface area contributed by atoms with Crippen molar-refractivity contribution in [2.75, 3.05) is 42.9 Å². The molecule has 2 atom stereocenters. The molecule has 4 aliphatic rings. The van der Waals surface area contributed by atoms with E-state index in [1.807, 2.05) is 0 Å². The van der Waals surface area contributed by atoms with Crippen molar-refractivity contribution < 1.29 is 32.4 Å². The number of carbonyl (C=O) groups is 1. The third-order valence-corrected chi connectivity index (χ3v) is 16.2. The number of sulfonamides is 1. The molecule has 2 aromatic heterocycles. The Morgan fingerprint density at radius 2 is 1.76 bits per heavy atom. The number of anilines is 2. The number of nitrogens with one attached hydrogen (secondary N) is 3. The van der Waals surface area contributed by atoms with Gasteiger partial charge in [-0.3, -0.25) is 19.8 Å². The van der Waals surface area contributed by atoms with E-state index >= 15 is 0 Å². The summed E-state index contributed by atoms with van der Waals surface area (Å²) in [5.41, 5.74) is 3.60. The smallest absolute Gasteiger partial charge is 0.293 e. The van der Waals surface area contributed by atoms with E-state index in [1.165, 1.54) is 60.9 Å². The van der Waals surface area contributed by atoms with Crippen LogP contribution in [0.25, 0.3) is 11.0 Å². The fourth-order valence-electron chi connectivity index (χ4n) is 11.0. The largest absolute Gasteiger partial charge is 0.455 e. The highest BCUT2D eigenvalue weighted by molar-refractivity contribution is 7.90. The summed E-state index contributed by atoms with van der Waals surface area (Å²) in [6, 6.07) is 19.5. The van der Waals surface area contributed by atoms with Crippen LogP contribution in [0.2, 0.25) is 0 Å². The van der Waals surface area contributed by atoms with E-state index in [2.05, 4.69) is 67.9 Å². The highest BCUT2D eigenvalue weighted by Crippen LogP contribution is 2.49. The number of H-pyrrole nitrogens is 1. The maximum atomic E-state index is 14.7. The lowest BCUT2D eigenvalue weighted by atomic mass is 9.70. The van der Waals surface area contributed by atoms with Gasteiger partial charge in [-0.05, 0) is 130 Å². The second kappa shape index (κ2) is 17.9. The molecule has 14 nitrogen and oxygen atoms in total. The Morgan fingerprint density at radius 1 is 1.02 bits per heavy atom. The minimum atomic E-state index is -4.63.